The van der Waals surface area contributed by atoms with Crippen molar-refractivity contribution < 1.29 is 14.3 Å². The third-order valence-electron chi connectivity index (χ3n) is 4.88. The van der Waals surface area contributed by atoms with E-state index in [-0.39, 0.29) is 5.11 Å². The number of thiophene rings is 1. The van der Waals surface area contributed by atoms with E-state index in [9.17, 15) is 9.59 Å². The van der Waals surface area contributed by atoms with Gasteiger partial charge in [0.05, 0.1) is 12.7 Å². The van der Waals surface area contributed by atoms with Crippen molar-refractivity contribution in [3.05, 3.63) is 45.8 Å². The summed E-state index contributed by atoms with van der Waals surface area (Å²) in [6, 6.07) is 6.44. The molecule has 0 radical (unpaired) electrons. The van der Waals surface area contributed by atoms with E-state index in [1.54, 1.807) is 24.3 Å². The summed E-state index contributed by atoms with van der Waals surface area (Å²) >= 11 is 25.0. The fourth-order valence-corrected chi connectivity index (χ4v) is 5.25. The highest BCUT2D eigenvalue weighted by molar-refractivity contribution is 7.80. The van der Waals surface area contributed by atoms with Crippen molar-refractivity contribution >= 4 is 80.3 Å². The second kappa shape index (κ2) is 10.4. The minimum absolute atomic E-state index is 0.0671. The molecule has 0 fully saturated rings. The highest BCUT2D eigenvalue weighted by Crippen LogP contribution is 2.38. The molecule has 1 aromatic heterocycles. The Bertz CT molecular complexity index is 1020. The second-order valence-corrected chi connectivity index (χ2v) is 10.9. The van der Waals surface area contributed by atoms with E-state index in [1.165, 1.54) is 18.4 Å². The summed E-state index contributed by atoms with van der Waals surface area (Å²) in [5, 5.41) is 8.98. The van der Waals surface area contributed by atoms with Gasteiger partial charge in [-0.05, 0) is 67.7 Å². The maximum atomic E-state index is 12.6. The second-order valence-electron chi connectivity index (χ2n) is 7.05. The molecule has 32 heavy (non-hydrogen) atoms. The molecule has 1 aliphatic rings. The number of nitrogens with one attached hydrogen (secondary N) is 3. The topological polar surface area (TPSA) is 105 Å². The molecule has 7 nitrogen and oxygen atoms in total. The quantitative estimate of drug-likeness (QED) is 0.252. The van der Waals surface area contributed by atoms with Gasteiger partial charge in [0.25, 0.3) is 11.8 Å². The van der Waals surface area contributed by atoms with Crippen molar-refractivity contribution in [3.8, 4) is 5.75 Å². The molecule has 172 valence electrons. The fraction of sp³-hybridized carbons (Fsp3) is 0.350. The fourth-order valence-electron chi connectivity index (χ4n) is 3.34. The molecule has 1 atom stereocenters. The molecule has 2 amide bonds. The number of benzene rings is 1. The van der Waals surface area contributed by atoms with Crippen LogP contribution >= 0.6 is 58.4 Å². The van der Waals surface area contributed by atoms with Gasteiger partial charge in [0.2, 0.25) is 3.79 Å². The number of ether oxygens (including phenoxy) is 1. The SMILES string of the molecule is COc1ccc(C(=O)NC(NC(=S)Nc2sc3c(c2C(N)=O)CCCC3)C(Cl)(Cl)Cl)cc1. The molecule has 0 bridgehead atoms. The lowest BCUT2D eigenvalue weighted by Crippen LogP contribution is -2.56. The smallest absolute Gasteiger partial charge is 0.252 e. The number of fused-ring (bicyclic) bond motifs is 1. The van der Waals surface area contributed by atoms with Crippen molar-refractivity contribution in [1.82, 2.24) is 10.6 Å². The van der Waals surface area contributed by atoms with E-state index >= 15 is 0 Å². The van der Waals surface area contributed by atoms with Crippen molar-refractivity contribution in [3.63, 3.8) is 0 Å². The number of primary amides is 1. The van der Waals surface area contributed by atoms with E-state index in [0.29, 0.717) is 21.9 Å². The average molecular weight is 536 g/mol. The highest BCUT2D eigenvalue weighted by atomic mass is 35.6. The van der Waals surface area contributed by atoms with Gasteiger partial charge in [0, 0.05) is 10.4 Å². The zero-order valence-electron chi connectivity index (χ0n) is 17.0. The standard InChI is InChI=1S/C20H21Cl3N4O3S2/c1-30-11-8-6-10(7-9-11)16(29)25-18(20(21,22)23)27-19(31)26-17-14(15(24)28)12-4-2-3-5-13(12)32-17/h6-9,18H,2-5H2,1H3,(H2,24,28)(H,25,29)(H2,26,27,31). The summed E-state index contributed by atoms with van der Waals surface area (Å²) in [6.07, 6.45) is 2.57. The summed E-state index contributed by atoms with van der Waals surface area (Å²) in [5.74, 6) is -0.406. The molecule has 5 N–H and O–H groups in total. The Labute approximate surface area is 209 Å². The number of methoxy groups -OCH3 is 1. The number of hydrogen-bond acceptors (Lipinski definition) is 5. The predicted octanol–water partition coefficient (Wildman–Crippen LogP) is 4.15. The van der Waals surface area contributed by atoms with E-state index in [0.717, 1.165) is 36.1 Å². The molecule has 1 unspecified atom stereocenters. The van der Waals surface area contributed by atoms with Gasteiger partial charge in [-0.1, -0.05) is 34.8 Å². The van der Waals surface area contributed by atoms with E-state index in [1.807, 2.05) is 0 Å². The Morgan fingerprint density at radius 1 is 1.16 bits per heavy atom. The number of aryl methyl sites for hydroxylation is 1. The van der Waals surface area contributed by atoms with Gasteiger partial charge in [0.15, 0.2) is 5.11 Å². The van der Waals surface area contributed by atoms with Crippen LogP contribution in [-0.2, 0) is 12.8 Å². The van der Waals surface area contributed by atoms with Crippen LogP contribution in [-0.4, -0.2) is 34.0 Å². The summed E-state index contributed by atoms with van der Waals surface area (Å²) in [5.41, 5.74) is 7.35. The molecule has 0 saturated heterocycles. The minimum Gasteiger partial charge on any atom is -0.497 e. The van der Waals surface area contributed by atoms with Gasteiger partial charge < -0.3 is 26.4 Å². The average Bonchev–Trinajstić information content (AvgIpc) is 3.10. The van der Waals surface area contributed by atoms with Crippen LogP contribution in [0.2, 0.25) is 0 Å². The van der Waals surface area contributed by atoms with Gasteiger partial charge in [-0.15, -0.1) is 11.3 Å². The molecule has 1 aromatic carbocycles. The molecule has 1 heterocycles. The first kappa shape index (κ1) is 24.9. The lowest BCUT2D eigenvalue weighted by Gasteiger charge is -2.27. The van der Waals surface area contributed by atoms with Gasteiger partial charge in [-0.25, -0.2) is 0 Å². The Kier molecular flexibility index (Phi) is 8.11. The highest BCUT2D eigenvalue weighted by Gasteiger charge is 2.35. The zero-order chi connectivity index (χ0) is 23.5. The van der Waals surface area contributed by atoms with E-state index in [2.05, 4.69) is 16.0 Å². The molecular weight excluding hydrogens is 515 g/mol. The first-order valence-corrected chi connectivity index (χ1v) is 12.0. The monoisotopic (exact) mass is 534 g/mol. The molecule has 1 aliphatic carbocycles. The Balaban J connectivity index is 1.73. The summed E-state index contributed by atoms with van der Waals surface area (Å²) < 4.78 is 3.16. The first-order valence-electron chi connectivity index (χ1n) is 9.63. The normalized spacial score (nSPS) is 14.1. The molecule has 0 spiro atoms. The number of halogens is 3. The minimum atomic E-state index is -1.92. The number of carbonyl (C=O) groups excluding carboxylic acids is 2. The maximum absolute atomic E-state index is 12.6. The van der Waals surface area contributed by atoms with Crippen molar-refractivity contribution in [1.29, 1.82) is 0 Å². The predicted molar refractivity (Wildman–Crippen MR) is 133 cm³/mol. The largest absolute Gasteiger partial charge is 0.497 e. The summed E-state index contributed by atoms with van der Waals surface area (Å²) in [6.45, 7) is 0. The number of rotatable bonds is 6. The Hall–Kier alpha value is -1.78. The Morgan fingerprint density at radius 2 is 1.81 bits per heavy atom. The number of thiocarbonyl (C=S) groups is 1. The van der Waals surface area contributed by atoms with Crippen LogP contribution in [0.25, 0.3) is 0 Å². The number of nitrogens with two attached hydrogens (primary N) is 1. The summed E-state index contributed by atoms with van der Waals surface area (Å²) in [4.78, 5) is 25.8. The first-order chi connectivity index (χ1) is 15.1. The van der Waals surface area contributed by atoms with Gasteiger partial charge in [0.1, 0.15) is 16.9 Å². The van der Waals surface area contributed by atoms with Crippen molar-refractivity contribution in [2.75, 3.05) is 12.4 Å². The number of amides is 2. The molecule has 0 saturated carbocycles. The Morgan fingerprint density at radius 3 is 2.41 bits per heavy atom. The van der Waals surface area contributed by atoms with Crippen LogP contribution < -0.4 is 26.4 Å². The molecule has 0 aliphatic heterocycles. The summed E-state index contributed by atoms with van der Waals surface area (Å²) in [7, 11) is 1.53. The van der Waals surface area contributed by atoms with E-state index < -0.39 is 21.8 Å². The van der Waals surface area contributed by atoms with Crippen LogP contribution in [0, 0.1) is 0 Å². The third-order valence-corrected chi connectivity index (χ3v) is 6.96. The molecule has 3 rings (SSSR count). The zero-order valence-corrected chi connectivity index (χ0v) is 20.9. The van der Waals surface area contributed by atoms with Crippen LogP contribution in [0.3, 0.4) is 0 Å². The van der Waals surface area contributed by atoms with Crippen LogP contribution in [0.4, 0.5) is 5.00 Å². The number of alkyl halides is 3. The lowest BCUT2D eigenvalue weighted by molar-refractivity contribution is 0.0933. The maximum Gasteiger partial charge on any atom is 0.252 e. The van der Waals surface area contributed by atoms with Gasteiger partial charge >= 0.3 is 0 Å². The third kappa shape index (κ3) is 5.96. The van der Waals surface area contributed by atoms with Crippen LogP contribution in [0.15, 0.2) is 24.3 Å². The number of carbonyl (C=O) groups is 2. The number of hydrogen-bond donors (Lipinski definition) is 4. The molecular formula is C20H21Cl3N4O3S2. The molecule has 12 heteroatoms. The lowest BCUT2D eigenvalue weighted by atomic mass is 9.95. The molecule has 2 aromatic rings. The van der Waals surface area contributed by atoms with Crippen LogP contribution in [0.5, 0.6) is 5.75 Å². The van der Waals surface area contributed by atoms with Crippen molar-refractivity contribution in [2.45, 2.75) is 35.6 Å². The van der Waals surface area contributed by atoms with E-state index in [4.69, 9.17) is 57.5 Å². The van der Waals surface area contributed by atoms with Crippen molar-refractivity contribution in [2.24, 2.45) is 5.73 Å². The van der Waals surface area contributed by atoms with Gasteiger partial charge in [-0.2, -0.15) is 0 Å². The number of anilines is 1. The van der Waals surface area contributed by atoms with Crippen LogP contribution in [0.1, 0.15) is 44.0 Å². The van der Waals surface area contributed by atoms with Gasteiger partial charge in [-0.3, -0.25) is 9.59 Å².